The number of fused-ring (bicyclic) bond motifs is 2. The number of hydrogen-bond acceptors (Lipinski definition) is 4. The van der Waals surface area contributed by atoms with Gasteiger partial charge in [-0.05, 0) is 62.1 Å². The van der Waals surface area contributed by atoms with E-state index in [9.17, 15) is 9.59 Å². The monoisotopic (exact) mass is 330 g/mol. The Morgan fingerprint density at radius 3 is 2.50 bits per heavy atom. The highest BCUT2D eigenvalue weighted by Gasteiger charge is 2.40. The van der Waals surface area contributed by atoms with E-state index >= 15 is 0 Å². The first kappa shape index (κ1) is 17.0. The molecule has 2 unspecified atom stereocenters. The molecule has 2 bridgehead atoms. The summed E-state index contributed by atoms with van der Waals surface area (Å²) in [4.78, 5) is 24.5. The van der Waals surface area contributed by atoms with Gasteiger partial charge in [0.1, 0.15) is 0 Å². The SMILES string of the molecule is COC(=O)c1cc(NC(=O)C2CC3CCCC(C2)C3N)ccc1C. The van der Waals surface area contributed by atoms with Gasteiger partial charge in [-0.15, -0.1) is 0 Å². The van der Waals surface area contributed by atoms with Gasteiger partial charge in [-0.2, -0.15) is 0 Å². The van der Waals surface area contributed by atoms with Crippen LogP contribution in [0.4, 0.5) is 5.69 Å². The van der Waals surface area contributed by atoms with Crippen LogP contribution in [0.15, 0.2) is 18.2 Å². The third-order valence-electron chi connectivity index (χ3n) is 5.69. The van der Waals surface area contributed by atoms with E-state index in [2.05, 4.69) is 5.32 Å². The van der Waals surface area contributed by atoms with Crippen LogP contribution in [0.3, 0.4) is 0 Å². The largest absolute Gasteiger partial charge is 0.465 e. The molecule has 2 atom stereocenters. The number of methoxy groups -OCH3 is 1. The first-order valence-corrected chi connectivity index (χ1v) is 8.75. The molecule has 0 heterocycles. The highest BCUT2D eigenvalue weighted by molar-refractivity contribution is 5.96. The van der Waals surface area contributed by atoms with E-state index in [-0.39, 0.29) is 23.8 Å². The van der Waals surface area contributed by atoms with E-state index in [0.717, 1.165) is 31.2 Å². The molecule has 0 aliphatic heterocycles. The fourth-order valence-electron chi connectivity index (χ4n) is 4.28. The van der Waals surface area contributed by atoms with Crippen molar-refractivity contribution in [2.24, 2.45) is 23.5 Å². The van der Waals surface area contributed by atoms with Crippen LogP contribution in [0.25, 0.3) is 0 Å². The number of anilines is 1. The van der Waals surface area contributed by atoms with Gasteiger partial charge in [0.15, 0.2) is 0 Å². The first-order valence-electron chi connectivity index (χ1n) is 8.75. The van der Waals surface area contributed by atoms with Crippen molar-refractivity contribution in [3.63, 3.8) is 0 Å². The summed E-state index contributed by atoms with van der Waals surface area (Å²) >= 11 is 0. The zero-order valence-electron chi connectivity index (χ0n) is 14.4. The summed E-state index contributed by atoms with van der Waals surface area (Å²) in [6.07, 6.45) is 5.26. The van der Waals surface area contributed by atoms with Crippen molar-refractivity contribution in [2.75, 3.05) is 12.4 Å². The van der Waals surface area contributed by atoms with Crippen molar-refractivity contribution in [1.82, 2.24) is 0 Å². The number of benzene rings is 1. The highest BCUT2D eigenvalue weighted by atomic mass is 16.5. The predicted molar refractivity (Wildman–Crippen MR) is 92.7 cm³/mol. The van der Waals surface area contributed by atoms with Crippen molar-refractivity contribution in [3.8, 4) is 0 Å². The second-order valence-corrected chi connectivity index (χ2v) is 7.21. The Balaban J connectivity index is 1.70. The topological polar surface area (TPSA) is 81.4 Å². The normalized spacial score (nSPS) is 29.0. The van der Waals surface area contributed by atoms with E-state index < -0.39 is 0 Å². The smallest absolute Gasteiger partial charge is 0.338 e. The Morgan fingerprint density at radius 2 is 1.88 bits per heavy atom. The average Bonchev–Trinajstić information content (AvgIpc) is 2.55. The molecule has 5 heteroatoms. The molecule has 1 amide bonds. The van der Waals surface area contributed by atoms with Gasteiger partial charge in [-0.3, -0.25) is 4.79 Å². The molecule has 130 valence electrons. The molecule has 24 heavy (non-hydrogen) atoms. The van der Waals surface area contributed by atoms with Crippen LogP contribution in [-0.2, 0) is 9.53 Å². The van der Waals surface area contributed by atoms with Crippen LogP contribution < -0.4 is 11.1 Å². The number of carbonyl (C=O) groups is 2. The number of esters is 1. The first-order chi connectivity index (χ1) is 11.5. The Hall–Kier alpha value is -1.88. The molecule has 2 aliphatic rings. The van der Waals surface area contributed by atoms with Crippen LogP contribution in [0.5, 0.6) is 0 Å². The lowest BCUT2D eigenvalue weighted by Gasteiger charge is -2.43. The number of aryl methyl sites for hydroxylation is 1. The molecule has 0 spiro atoms. The number of ether oxygens (including phenoxy) is 1. The van der Waals surface area contributed by atoms with Crippen LogP contribution in [0.1, 0.15) is 48.0 Å². The molecule has 2 aliphatic carbocycles. The van der Waals surface area contributed by atoms with E-state index in [0.29, 0.717) is 23.1 Å². The zero-order valence-corrected chi connectivity index (χ0v) is 14.4. The number of carbonyl (C=O) groups excluding carboxylic acids is 2. The number of nitrogens with one attached hydrogen (secondary N) is 1. The molecule has 2 saturated carbocycles. The second kappa shape index (κ2) is 6.93. The number of rotatable bonds is 3. The minimum atomic E-state index is -0.387. The van der Waals surface area contributed by atoms with Crippen LogP contribution in [0, 0.1) is 24.7 Å². The van der Waals surface area contributed by atoms with Gasteiger partial charge in [0, 0.05) is 17.6 Å². The van der Waals surface area contributed by atoms with Gasteiger partial charge in [0.25, 0.3) is 0 Å². The van der Waals surface area contributed by atoms with E-state index in [4.69, 9.17) is 10.5 Å². The molecule has 1 aromatic rings. The van der Waals surface area contributed by atoms with E-state index in [1.807, 2.05) is 19.1 Å². The van der Waals surface area contributed by atoms with Gasteiger partial charge in [-0.1, -0.05) is 12.5 Å². The van der Waals surface area contributed by atoms with Crippen LogP contribution in [0.2, 0.25) is 0 Å². The van der Waals surface area contributed by atoms with Gasteiger partial charge >= 0.3 is 5.97 Å². The molecule has 0 saturated heterocycles. The Bertz CT molecular complexity index is 629. The third kappa shape index (κ3) is 3.31. The molecule has 5 nitrogen and oxygen atoms in total. The summed E-state index contributed by atoms with van der Waals surface area (Å²) < 4.78 is 4.79. The quantitative estimate of drug-likeness (QED) is 0.835. The number of nitrogens with two attached hydrogens (primary N) is 1. The summed E-state index contributed by atoms with van der Waals surface area (Å²) in [5.74, 6) is 0.608. The minimum absolute atomic E-state index is 0.0166. The average molecular weight is 330 g/mol. The second-order valence-electron chi connectivity index (χ2n) is 7.21. The molecule has 0 aromatic heterocycles. The Kier molecular flexibility index (Phi) is 4.90. The fourth-order valence-corrected chi connectivity index (χ4v) is 4.28. The van der Waals surface area contributed by atoms with Crippen molar-refractivity contribution < 1.29 is 14.3 Å². The van der Waals surface area contributed by atoms with Crippen LogP contribution in [-0.4, -0.2) is 25.0 Å². The van der Waals surface area contributed by atoms with E-state index in [1.165, 1.54) is 13.5 Å². The zero-order chi connectivity index (χ0) is 17.3. The number of amides is 1. The lowest BCUT2D eigenvalue weighted by Crippen LogP contribution is -2.48. The summed E-state index contributed by atoms with van der Waals surface area (Å²) in [5.41, 5.74) is 8.26. The lowest BCUT2D eigenvalue weighted by atomic mass is 9.65. The molecular weight excluding hydrogens is 304 g/mol. The number of hydrogen-bond donors (Lipinski definition) is 2. The van der Waals surface area contributed by atoms with Crippen molar-refractivity contribution in [2.45, 2.75) is 45.1 Å². The van der Waals surface area contributed by atoms with Gasteiger partial charge in [-0.25, -0.2) is 4.79 Å². The predicted octanol–water partition coefficient (Wildman–Crippen LogP) is 2.87. The van der Waals surface area contributed by atoms with Crippen molar-refractivity contribution in [1.29, 1.82) is 0 Å². The molecule has 2 fully saturated rings. The maximum absolute atomic E-state index is 12.7. The van der Waals surface area contributed by atoms with E-state index in [1.54, 1.807) is 6.07 Å². The summed E-state index contributed by atoms with van der Waals surface area (Å²) in [6, 6.07) is 5.60. The summed E-state index contributed by atoms with van der Waals surface area (Å²) in [6.45, 7) is 1.85. The molecule has 0 radical (unpaired) electrons. The molecule has 1 aromatic carbocycles. The van der Waals surface area contributed by atoms with Crippen molar-refractivity contribution >= 4 is 17.6 Å². The molecule has 3 rings (SSSR count). The van der Waals surface area contributed by atoms with Crippen LogP contribution >= 0.6 is 0 Å². The van der Waals surface area contributed by atoms with Crippen molar-refractivity contribution in [3.05, 3.63) is 29.3 Å². The fraction of sp³-hybridized carbons (Fsp3) is 0.579. The standard InChI is InChI=1S/C19H26N2O3/c1-11-6-7-15(10-16(11)19(23)24-2)21-18(22)14-8-12-4-3-5-13(9-14)17(12)20/h6-7,10,12-14,17H,3-5,8-9,20H2,1-2H3,(H,21,22). The minimum Gasteiger partial charge on any atom is -0.465 e. The summed E-state index contributed by atoms with van der Waals surface area (Å²) in [5, 5.41) is 2.97. The maximum Gasteiger partial charge on any atom is 0.338 e. The van der Waals surface area contributed by atoms with Gasteiger partial charge in [0.2, 0.25) is 5.91 Å². The Morgan fingerprint density at radius 1 is 1.21 bits per heavy atom. The maximum atomic E-state index is 12.7. The molecular formula is C19H26N2O3. The Labute approximate surface area is 142 Å². The highest BCUT2D eigenvalue weighted by Crippen LogP contribution is 2.42. The van der Waals surface area contributed by atoms with Gasteiger partial charge in [0.05, 0.1) is 12.7 Å². The lowest BCUT2D eigenvalue weighted by molar-refractivity contribution is -0.122. The van der Waals surface area contributed by atoms with Gasteiger partial charge < -0.3 is 15.8 Å². The molecule has 3 N–H and O–H groups in total. The summed E-state index contributed by atoms with van der Waals surface area (Å²) in [7, 11) is 1.36. The third-order valence-corrected chi connectivity index (χ3v) is 5.69.